The lowest BCUT2D eigenvalue weighted by Gasteiger charge is -2.12. The van der Waals surface area contributed by atoms with E-state index in [1.54, 1.807) is 14.2 Å². The molecule has 0 radical (unpaired) electrons. The van der Waals surface area contributed by atoms with Gasteiger partial charge in [0.1, 0.15) is 11.5 Å². The fraction of sp³-hybridized carbons (Fsp3) is 0.0952. The lowest BCUT2D eigenvalue weighted by atomic mass is 9.93. The summed E-state index contributed by atoms with van der Waals surface area (Å²) in [6.45, 7) is 0. The largest absolute Gasteiger partial charge is 0.497 e. The van der Waals surface area contributed by atoms with E-state index in [0.717, 1.165) is 33.8 Å². The van der Waals surface area contributed by atoms with Gasteiger partial charge in [-0.25, -0.2) is 0 Å². The smallest absolute Gasteiger partial charge is 0.119 e. The van der Waals surface area contributed by atoms with Crippen molar-refractivity contribution >= 4 is 0 Å². The highest BCUT2D eigenvalue weighted by Crippen LogP contribution is 2.35. The Hall–Kier alpha value is -3.25. The summed E-state index contributed by atoms with van der Waals surface area (Å²) in [6.07, 6.45) is 0. The Morgan fingerprint density at radius 3 is 2.12 bits per heavy atom. The molecule has 0 aliphatic heterocycles. The molecular formula is C21H17NO2. The molecule has 0 aliphatic rings. The first-order valence-electron chi connectivity index (χ1n) is 7.58. The van der Waals surface area contributed by atoms with Gasteiger partial charge >= 0.3 is 0 Å². The molecule has 0 bridgehead atoms. The van der Waals surface area contributed by atoms with Crippen molar-refractivity contribution in [3.05, 3.63) is 72.3 Å². The van der Waals surface area contributed by atoms with E-state index in [4.69, 9.17) is 9.47 Å². The average molecular weight is 315 g/mol. The van der Waals surface area contributed by atoms with Crippen molar-refractivity contribution in [3.8, 4) is 39.8 Å². The molecule has 3 aromatic rings. The average Bonchev–Trinajstić information content (AvgIpc) is 2.67. The number of rotatable bonds is 4. The summed E-state index contributed by atoms with van der Waals surface area (Å²) in [5.41, 5.74) is 4.77. The number of nitriles is 1. The second-order valence-electron chi connectivity index (χ2n) is 5.33. The van der Waals surface area contributed by atoms with Crippen LogP contribution >= 0.6 is 0 Å². The van der Waals surface area contributed by atoms with Crippen molar-refractivity contribution in [2.24, 2.45) is 0 Å². The number of methoxy groups -OCH3 is 2. The molecule has 0 aromatic heterocycles. The first-order valence-corrected chi connectivity index (χ1v) is 7.58. The van der Waals surface area contributed by atoms with Crippen molar-refractivity contribution < 1.29 is 9.47 Å². The van der Waals surface area contributed by atoms with Crippen LogP contribution in [0.2, 0.25) is 0 Å². The van der Waals surface area contributed by atoms with Gasteiger partial charge in [-0.3, -0.25) is 0 Å². The number of ether oxygens (including phenoxy) is 2. The molecule has 3 heteroatoms. The van der Waals surface area contributed by atoms with Gasteiger partial charge in [0.2, 0.25) is 0 Å². The molecule has 0 N–H and O–H groups in total. The van der Waals surface area contributed by atoms with Crippen LogP contribution in [0.15, 0.2) is 66.7 Å². The molecule has 118 valence electrons. The highest BCUT2D eigenvalue weighted by Gasteiger charge is 2.10. The van der Waals surface area contributed by atoms with Crippen LogP contribution in [0.1, 0.15) is 5.56 Å². The van der Waals surface area contributed by atoms with E-state index in [1.807, 2.05) is 66.7 Å². The quantitative estimate of drug-likeness (QED) is 0.687. The van der Waals surface area contributed by atoms with Crippen molar-refractivity contribution in [2.75, 3.05) is 14.2 Å². The van der Waals surface area contributed by atoms with Crippen LogP contribution in [-0.2, 0) is 0 Å². The molecule has 0 spiro atoms. The standard InChI is InChI=1S/C21H17NO2/c1-23-18-9-7-16(8-10-18)21-12-15(14-22)6-11-20(21)17-4-3-5-19(13-17)24-2/h3-13H,1-2H3. The topological polar surface area (TPSA) is 42.2 Å². The van der Waals surface area contributed by atoms with Crippen LogP contribution in [0.25, 0.3) is 22.3 Å². The molecule has 3 aromatic carbocycles. The number of benzene rings is 3. The zero-order valence-corrected chi connectivity index (χ0v) is 13.6. The molecule has 24 heavy (non-hydrogen) atoms. The van der Waals surface area contributed by atoms with Gasteiger partial charge in [-0.05, 0) is 58.7 Å². The third-order valence-electron chi connectivity index (χ3n) is 3.93. The molecule has 3 rings (SSSR count). The SMILES string of the molecule is COc1ccc(-c2cc(C#N)ccc2-c2cccc(OC)c2)cc1. The molecule has 0 aliphatic carbocycles. The van der Waals surface area contributed by atoms with E-state index in [-0.39, 0.29) is 0 Å². The number of nitrogens with zero attached hydrogens (tertiary/aromatic N) is 1. The molecular weight excluding hydrogens is 298 g/mol. The zero-order chi connectivity index (χ0) is 16.9. The summed E-state index contributed by atoms with van der Waals surface area (Å²) >= 11 is 0. The molecule has 0 saturated heterocycles. The number of hydrogen-bond acceptors (Lipinski definition) is 3. The van der Waals surface area contributed by atoms with Gasteiger partial charge < -0.3 is 9.47 Å². The first-order chi connectivity index (χ1) is 11.7. The Morgan fingerprint density at radius 1 is 0.708 bits per heavy atom. The molecule has 0 fully saturated rings. The highest BCUT2D eigenvalue weighted by atomic mass is 16.5. The van der Waals surface area contributed by atoms with Crippen LogP contribution in [-0.4, -0.2) is 14.2 Å². The van der Waals surface area contributed by atoms with Crippen LogP contribution in [0.3, 0.4) is 0 Å². The summed E-state index contributed by atoms with van der Waals surface area (Å²) in [5, 5.41) is 9.24. The Morgan fingerprint density at radius 2 is 1.46 bits per heavy atom. The lowest BCUT2D eigenvalue weighted by Crippen LogP contribution is -1.89. The van der Waals surface area contributed by atoms with Crippen molar-refractivity contribution in [2.45, 2.75) is 0 Å². The summed E-state index contributed by atoms with van der Waals surface area (Å²) in [5.74, 6) is 1.61. The third-order valence-corrected chi connectivity index (χ3v) is 3.93. The molecule has 0 unspecified atom stereocenters. The zero-order valence-electron chi connectivity index (χ0n) is 13.6. The van der Waals surface area contributed by atoms with Crippen molar-refractivity contribution in [1.82, 2.24) is 0 Å². The highest BCUT2D eigenvalue weighted by molar-refractivity contribution is 5.85. The van der Waals surface area contributed by atoms with Crippen LogP contribution in [0.5, 0.6) is 11.5 Å². The second-order valence-corrected chi connectivity index (χ2v) is 5.33. The lowest BCUT2D eigenvalue weighted by molar-refractivity contribution is 0.415. The molecule has 3 nitrogen and oxygen atoms in total. The van der Waals surface area contributed by atoms with Gasteiger partial charge in [0.25, 0.3) is 0 Å². The van der Waals surface area contributed by atoms with Gasteiger partial charge in [-0.1, -0.05) is 30.3 Å². The van der Waals surface area contributed by atoms with Crippen LogP contribution < -0.4 is 9.47 Å². The van der Waals surface area contributed by atoms with Crippen molar-refractivity contribution in [3.63, 3.8) is 0 Å². The van der Waals surface area contributed by atoms with E-state index >= 15 is 0 Å². The van der Waals surface area contributed by atoms with E-state index in [1.165, 1.54) is 0 Å². The van der Waals surface area contributed by atoms with Gasteiger partial charge in [-0.2, -0.15) is 5.26 Å². The van der Waals surface area contributed by atoms with E-state index in [0.29, 0.717) is 5.56 Å². The van der Waals surface area contributed by atoms with Crippen LogP contribution in [0.4, 0.5) is 0 Å². The maximum absolute atomic E-state index is 9.24. The van der Waals surface area contributed by atoms with Gasteiger partial charge in [0.05, 0.1) is 25.9 Å². The molecule has 0 amide bonds. The second kappa shape index (κ2) is 6.89. The maximum Gasteiger partial charge on any atom is 0.119 e. The summed E-state index contributed by atoms with van der Waals surface area (Å²) in [7, 11) is 3.30. The Balaban J connectivity index is 2.17. The Bertz CT molecular complexity index is 892. The molecule has 0 atom stereocenters. The minimum absolute atomic E-state index is 0.632. The minimum Gasteiger partial charge on any atom is -0.497 e. The van der Waals surface area contributed by atoms with E-state index in [2.05, 4.69) is 6.07 Å². The Labute approximate surface area is 141 Å². The maximum atomic E-state index is 9.24. The minimum atomic E-state index is 0.632. The van der Waals surface area contributed by atoms with E-state index in [9.17, 15) is 5.26 Å². The summed E-state index contributed by atoms with van der Waals surface area (Å²) in [4.78, 5) is 0. The van der Waals surface area contributed by atoms with Crippen LogP contribution in [0, 0.1) is 11.3 Å². The molecule has 0 saturated carbocycles. The fourth-order valence-corrected chi connectivity index (χ4v) is 2.67. The van der Waals surface area contributed by atoms with Gasteiger partial charge in [0, 0.05) is 0 Å². The predicted molar refractivity (Wildman–Crippen MR) is 95.1 cm³/mol. The number of hydrogen-bond donors (Lipinski definition) is 0. The fourth-order valence-electron chi connectivity index (χ4n) is 2.67. The molecule has 0 heterocycles. The summed E-state index contributed by atoms with van der Waals surface area (Å²) in [6, 6.07) is 23.7. The monoisotopic (exact) mass is 315 g/mol. The summed E-state index contributed by atoms with van der Waals surface area (Å²) < 4.78 is 10.6. The third kappa shape index (κ3) is 3.09. The van der Waals surface area contributed by atoms with Gasteiger partial charge in [0.15, 0.2) is 0 Å². The van der Waals surface area contributed by atoms with E-state index < -0.39 is 0 Å². The first kappa shape index (κ1) is 15.6. The Kier molecular flexibility index (Phi) is 4.49. The predicted octanol–water partition coefficient (Wildman–Crippen LogP) is 4.91. The van der Waals surface area contributed by atoms with Crippen molar-refractivity contribution in [1.29, 1.82) is 5.26 Å². The van der Waals surface area contributed by atoms with Gasteiger partial charge in [-0.15, -0.1) is 0 Å². The normalized spacial score (nSPS) is 10.0.